The molecule has 210 valence electrons. The number of allylic oxidation sites excluding steroid dienone is 3. The maximum Gasteiger partial charge on any atom is 0.311 e. The van der Waals surface area contributed by atoms with Crippen LogP contribution in [0.5, 0.6) is 5.75 Å². The molecular weight excluding hydrogens is 514 g/mol. The Balaban J connectivity index is 1.57. The summed E-state index contributed by atoms with van der Waals surface area (Å²) in [5.74, 6) is -1.01. The van der Waals surface area contributed by atoms with Crippen LogP contribution in [-0.4, -0.2) is 38.0 Å². The molecule has 3 unspecified atom stereocenters. The minimum absolute atomic E-state index is 0.0549. The average Bonchev–Trinajstić information content (AvgIpc) is 3.02. The molecule has 7 nitrogen and oxygen atoms in total. The van der Waals surface area contributed by atoms with Gasteiger partial charge in [0, 0.05) is 5.56 Å². The average molecular weight is 550 g/mol. The lowest BCUT2D eigenvalue weighted by Crippen LogP contribution is -2.45. The molecule has 0 saturated carbocycles. The molecular formula is C34H35N3O4. The van der Waals surface area contributed by atoms with Crippen LogP contribution in [0.25, 0.3) is 11.6 Å². The Hall–Kier alpha value is -4.91. The van der Waals surface area contributed by atoms with Crippen molar-refractivity contribution in [3.63, 3.8) is 0 Å². The SMILES string of the molecule is COC(=O)C(Cc1cccc(C(=N)N)c1)C(/C=C/c1ccccc1)NC(=O)C1C=CC(c2cccc(OC)c2)=CC1. The zero-order valence-corrected chi connectivity index (χ0v) is 23.2. The second kappa shape index (κ2) is 13.9. The fraction of sp³-hybridized carbons (Fsp3) is 0.206. The lowest BCUT2D eigenvalue weighted by molar-refractivity contribution is -0.146. The molecule has 0 fully saturated rings. The van der Waals surface area contributed by atoms with E-state index >= 15 is 0 Å². The minimum atomic E-state index is -0.707. The molecule has 0 saturated heterocycles. The van der Waals surface area contributed by atoms with Gasteiger partial charge in [-0.25, -0.2) is 0 Å². The predicted molar refractivity (Wildman–Crippen MR) is 162 cm³/mol. The monoisotopic (exact) mass is 549 g/mol. The third-order valence-electron chi connectivity index (χ3n) is 7.08. The number of nitrogen functional groups attached to an aromatic ring is 1. The van der Waals surface area contributed by atoms with E-state index in [1.165, 1.54) is 7.11 Å². The number of hydrogen-bond acceptors (Lipinski definition) is 5. The molecule has 3 aromatic carbocycles. The van der Waals surface area contributed by atoms with Gasteiger partial charge in [0.1, 0.15) is 11.6 Å². The zero-order chi connectivity index (χ0) is 29.2. The summed E-state index contributed by atoms with van der Waals surface area (Å²) < 4.78 is 10.5. The number of nitrogens with one attached hydrogen (secondary N) is 2. The number of amides is 1. The van der Waals surface area contributed by atoms with Crippen LogP contribution in [0.4, 0.5) is 0 Å². The molecule has 3 atom stereocenters. The first-order valence-corrected chi connectivity index (χ1v) is 13.5. The normalized spacial score (nSPS) is 16.0. The number of ether oxygens (including phenoxy) is 2. The Morgan fingerprint density at radius 2 is 1.83 bits per heavy atom. The van der Waals surface area contributed by atoms with Gasteiger partial charge in [-0.2, -0.15) is 0 Å². The van der Waals surface area contributed by atoms with Crippen LogP contribution in [0.3, 0.4) is 0 Å². The zero-order valence-electron chi connectivity index (χ0n) is 23.2. The summed E-state index contributed by atoms with van der Waals surface area (Å²) in [7, 11) is 2.98. The standard InChI is InChI=1S/C34H35N3O4/c1-40-29-13-7-11-27(22-29)25-15-17-26(18-16-25)33(38)37-31(19-14-23-8-4-3-5-9-23)30(34(39)41-2)21-24-10-6-12-28(20-24)32(35)36/h3-17,19-20,22,26,30-31H,18,21H2,1-2H3,(H3,35,36)(H,37,38)/b19-14+. The molecule has 1 aliphatic rings. The van der Waals surface area contributed by atoms with Crippen molar-refractivity contribution in [2.24, 2.45) is 17.6 Å². The molecule has 41 heavy (non-hydrogen) atoms. The largest absolute Gasteiger partial charge is 0.497 e. The number of hydrogen-bond donors (Lipinski definition) is 3. The number of rotatable bonds is 11. The topological polar surface area (TPSA) is 115 Å². The van der Waals surface area contributed by atoms with Gasteiger partial charge in [-0.15, -0.1) is 0 Å². The van der Waals surface area contributed by atoms with Crippen molar-refractivity contribution >= 4 is 29.4 Å². The van der Waals surface area contributed by atoms with Crippen molar-refractivity contribution in [2.45, 2.75) is 18.9 Å². The van der Waals surface area contributed by atoms with E-state index in [9.17, 15) is 9.59 Å². The summed E-state index contributed by atoms with van der Waals surface area (Å²) in [6, 6.07) is 24.0. The molecule has 0 spiro atoms. The van der Waals surface area contributed by atoms with Crippen molar-refractivity contribution in [3.8, 4) is 5.75 Å². The molecule has 0 aromatic heterocycles. The lowest BCUT2D eigenvalue weighted by atomic mass is 9.89. The number of carbonyl (C=O) groups is 2. The van der Waals surface area contributed by atoms with Crippen LogP contribution < -0.4 is 15.8 Å². The van der Waals surface area contributed by atoms with E-state index in [4.69, 9.17) is 20.6 Å². The molecule has 7 heteroatoms. The fourth-order valence-corrected chi connectivity index (χ4v) is 4.79. The van der Waals surface area contributed by atoms with Crippen LogP contribution in [0.15, 0.2) is 103 Å². The first kappa shape index (κ1) is 29.1. The fourth-order valence-electron chi connectivity index (χ4n) is 4.79. The van der Waals surface area contributed by atoms with Gasteiger partial charge in [0.25, 0.3) is 0 Å². The number of methoxy groups -OCH3 is 2. The third-order valence-corrected chi connectivity index (χ3v) is 7.08. The van der Waals surface area contributed by atoms with E-state index < -0.39 is 23.8 Å². The smallest absolute Gasteiger partial charge is 0.311 e. The van der Waals surface area contributed by atoms with Crippen LogP contribution in [-0.2, 0) is 20.7 Å². The Morgan fingerprint density at radius 3 is 2.51 bits per heavy atom. The van der Waals surface area contributed by atoms with Crippen molar-refractivity contribution in [2.75, 3.05) is 14.2 Å². The highest BCUT2D eigenvalue weighted by Gasteiger charge is 2.31. The molecule has 3 aromatic rings. The summed E-state index contributed by atoms with van der Waals surface area (Å²) in [5.41, 5.74) is 10.0. The Bertz CT molecular complexity index is 1480. The Morgan fingerprint density at radius 1 is 1.05 bits per heavy atom. The molecule has 1 aliphatic carbocycles. The van der Waals surface area contributed by atoms with E-state index in [2.05, 4.69) is 5.32 Å². The molecule has 0 aliphatic heterocycles. The maximum atomic E-state index is 13.5. The third kappa shape index (κ3) is 7.82. The highest BCUT2D eigenvalue weighted by molar-refractivity contribution is 5.95. The van der Waals surface area contributed by atoms with E-state index in [1.807, 2.05) is 91.0 Å². The highest BCUT2D eigenvalue weighted by atomic mass is 16.5. The number of benzene rings is 3. The molecule has 0 radical (unpaired) electrons. The van der Waals surface area contributed by atoms with Crippen molar-refractivity contribution in [1.82, 2.24) is 5.32 Å². The van der Waals surface area contributed by atoms with E-state index in [-0.39, 0.29) is 18.2 Å². The highest BCUT2D eigenvalue weighted by Crippen LogP contribution is 2.27. The maximum absolute atomic E-state index is 13.5. The number of esters is 1. The van der Waals surface area contributed by atoms with Crippen LogP contribution in [0.1, 0.15) is 28.7 Å². The quantitative estimate of drug-likeness (QED) is 0.173. The van der Waals surface area contributed by atoms with Gasteiger partial charge in [-0.3, -0.25) is 15.0 Å². The minimum Gasteiger partial charge on any atom is -0.497 e. The van der Waals surface area contributed by atoms with Gasteiger partial charge < -0.3 is 20.5 Å². The Kier molecular flexibility index (Phi) is 9.89. The van der Waals surface area contributed by atoms with Gasteiger partial charge >= 0.3 is 5.97 Å². The summed E-state index contributed by atoms with van der Waals surface area (Å²) >= 11 is 0. The molecule has 4 rings (SSSR count). The second-order valence-electron chi connectivity index (χ2n) is 9.84. The van der Waals surface area contributed by atoms with Crippen molar-refractivity contribution < 1.29 is 19.1 Å². The van der Waals surface area contributed by atoms with Crippen molar-refractivity contribution in [3.05, 3.63) is 125 Å². The molecule has 4 N–H and O–H groups in total. The number of amidine groups is 1. The van der Waals surface area contributed by atoms with Gasteiger partial charge in [0.2, 0.25) is 5.91 Å². The van der Waals surface area contributed by atoms with Crippen LogP contribution >= 0.6 is 0 Å². The predicted octanol–water partition coefficient (Wildman–Crippen LogP) is 5.17. The number of nitrogens with two attached hydrogens (primary N) is 1. The lowest BCUT2D eigenvalue weighted by Gasteiger charge is -2.26. The summed E-state index contributed by atoms with van der Waals surface area (Å²) in [4.78, 5) is 26.6. The van der Waals surface area contributed by atoms with Crippen LogP contribution in [0.2, 0.25) is 0 Å². The Labute approximate surface area is 240 Å². The van der Waals surface area contributed by atoms with Crippen molar-refractivity contribution in [1.29, 1.82) is 5.41 Å². The van der Waals surface area contributed by atoms with Gasteiger partial charge in [-0.05, 0) is 53.3 Å². The summed E-state index contributed by atoms with van der Waals surface area (Å²) in [6.07, 6.45) is 10.4. The second-order valence-corrected chi connectivity index (χ2v) is 9.84. The molecule has 0 bridgehead atoms. The summed E-state index contributed by atoms with van der Waals surface area (Å²) in [5, 5.41) is 10.9. The van der Waals surface area contributed by atoms with E-state index in [0.717, 1.165) is 28.0 Å². The van der Waals surface area contributed by atoms with E-state index in [0.29, 0.717) is 12.0 Å². The van der Waals surface area contributed by atoms with Gasteiger partial charge in [0.15, 0.2) is 0 Å². The first-order chi connectivity index (χ1) is 19.9. The van der Waals surface area contributed by atoms with Crippen LogP contribution in [0, 0.1) is 17.2 Å². The molecule has 0 heterocycles. The van der Waals surface area contributed by atoms with Gasteiger partial charge in [-0.1, -0.05) is 91.0 Å². The molecule has 1 amide bonds. The van der Waals surface area contributed by atoms with E-state index in [1.54, 1.807) is 25.3 Å². The van der Waals surface area contributed by atoms with Gasteiger partial charge in [0.05, 0.1) is 32.1 Å². The first-order valence-electron chi connectivity index (χ1n) is 13.5. The number of carbonyl (C=O) groups excluding carboxylic acids is 2. The summed E-state index contributed by atoms with van der Waals surface area (Å²) in [6.45, 7) is 0.